The summed E-state index contributed by atoms with van der Waals surface area (Å²) in [4.78, 5) is 4.25. The first-order valence-electron chi connectivity index (χ1n) is 4.81. The first-order valence-corrected chi connectivity index (χ1v) is 6.36. The normalized spacial score (nSPS) is 16.3. The molecule has 0 atom stereocenters. The number of nitrogens with zero attached hydrogens (tertiary/aromatic N) is 1. The second kappa shape index (κ2) is 4.82. The fourth-order valence-electron chi connectivity index (χ4n) is 1.19. The van der Waals surface area contributed by atoms with E-state index in [-0.39, 0.29) is 0 Å². The molecule has 1 aliphatic carbocycles. The molecule has 0 heterocycles. The molecular formula is C10H10BrCl2N3. The topological polar surface area (TPSA) is 50.4 Å². The molecule has 3 N–H and O–H groups in total. The number of halogens is 3. The van der Waals surface area contributed by atoms with Gasteiger partial charge < -0.3 is 11.1 Å². The molecule has 0 spiro atoms. The average Bonchev–Trinajstić information content (AvgIpc) is 3.03. The maximum Gasteiger partial charge on any atom is 0.193 e. The van der Waals surface area contributed by atoms with Gasteiger partial charge in [0.05, 0.1) is 21.8 Å². The summed E-state index contributed by atoms with van der Waals surface area (Å²) in [6, 6.07) is 3.98. The van der Waals surface area contributed by atoms with Crippen LogP contribution < -0.4 is 11.1 Å². The molecule has 0 amide bonds. The molecule has 0 saturated heterocycles. The predicted octanol–water partition coefficient (Wildman–Crippen LogP) is 3.64. The zero-order valence-corrected chi connectivity index (χ0v) is 11.4. The lowest BCUT2D eigenvalue weighted by atomic mass is 10.3. The molecule has 0 aliphatic heterocycles. The third-order valence-electron chi connectivity index (χ3n) is 2.17. The largest absolute Gasteiger partial charge is 0.370 e. The summed E-state index contributed by atoms with van der Waals surface area (Å²) >= 11 is 15.3. The Kier molecular flexibility index (Phi) is 3.62. The second-order valence-corrected chi connectivity index (χ2v) is 5.20. The van der Waals surface area contributed by atoms with Crippen LogP contribution in [0.2, 0.25) is 10.0 Å². The Bertz CT molecular complexity index is 444. The maximum absolute atomic E-state index is 6.06. The van der Waals surface area contributed by atoms with Gasteiger partial charge in [-0.2, -0.15) is 0 Å². The maximum atomic E-state index is 6.06. The summed E-state index contributed by atoms with van der Waals surface area (Å²) < 4.78 is 0.752. The molecule has 16 heavy (non-hydrogen) atoms. The molecule has 2 rings (SSSR count). The van der Waals surface area contributed by atoms with Crippen molar-refractivity contribution >= 4 is 50.8 Å². The Morgan fingerprint density at radius 1 is 1.38 bits per heavy atom. The number of nitrogens with one attached hydrogen (secondary N) is 1. The van der Waals surface area contributed by atoms with Crippen molar-refractivity contribution < 1.29 is 0 Å². The van der Waals surface area contributed by atoms with Crippen LogP contribution in [0.3, 0.4) is 0 Å². The molecule has 1 aromatic rings. The van der Waals surface area contributed by atoms with Crippen molar-refractivity contribution in [1.29, 1.82) is 0 Å². The molecule has 1 fully saturated rings. The minimum absolute atomic E-state index is 0.372. The van der Waals surface area contributed by atoms with Gasteiger partial charge in [-0.05, 0) is 40.9 Å². The van der Waals surface area contributed by atoms with Gasteiger partial charge in [0.2, 0.25) is 0 Å². The summed E-state index contributed by atoms with van der Waals surface area (Å²) in [5.41, 5.74) is 6.39. The van der Waals surface area contributed by atoms with Gasteiger partial charge in [0.15, 0.2) is 5.96 Å². The van der Waals surface area contributed by atoms with Crippen molar-refractivity contribution in [2.45, 2.75) is 18.9 Å². The Morgan fingerprint density at radius 2 is 2.06 bits per heavy atom. The fraction of sp³-hybridized carbons (Fsp3) is 0.300. The number of rotatable bonds is 2. The van der Waals surface area contributed by atoms with E-state index in [1.54, 1.807) is 12.1 Å². The smallest absolute Gasteiger partial charge is 0.193 e. The zero-order chi connectivity index (χ0) is 11.7. The van der Waals surface area contributed by atoms with Crippen molar-refractivity contribution in [3.05, 3.63) is 26.7 Å². The Hall–Kier alpha value is -0.450. The van der Waals surface area contributed by atoms with Crippen molar-refractivity contribution in [2.75, 3.05) is 5.32 Å². The molecule has 1 saturated carbocycles. The summed E-state index contributed by atoms with van der Waals surface area (Å²) in [5, 5.41) is 3.84. The molecule has 0 bridgehead atoms. The number of hydrogen-bond acceptors (Lipinski definition) is 1. The molecule has 1 aliphatic rings. The Morgan fingerprint density at radius 3 is 2.69 bits per heavy atom. The van der Waals surface area contributed by atoms with Crippen molar-refractivity contribution in [1.82, 2.24) is 0 Å². The molecular weight excluding hydrogens is 313 g/mol. The standard InChI is InChI=1S/C10H10BrCl2N3/c11-6-3-4-7(9(13)8(6)12)16-10(14)15-5-1-2-5/h3-5H,1-2H2,(H3,14,15,16). The number of benzene rings is 1. The molecule has 0 unspecified atom stereocenters. The fourth-order valence-corrected chi connectivity index (χ4v) is 2.01. The molecule has 86 valence electrons. The highest BCUT2D eigenvalue weighted by molar-refractivity contribution is 9.10. The highest BCUT2D eigenvalue weighted by Crippen LogP contribution is 2.35. The molecule has 3 nitrogen and oxygen atoms in total. The van der Waals surface area contributed by atoms with Crippen molar-refractivity contribution in [3.63, 3.8) is 0 Å². The van der Waals surface area contributed by atoms with Crippen LogP contribution in [-0.4, -0.2) is 12.0 Å². The van der Waals surface area contributed by atoms with Crippen LogP contribution in [0.1, 0.15) is 12.8 Å². The average molecular weight is 323 g/mol. The minimum Gasteiger partial charge on any atom is -0.370 e. The van der Waals surface area contributed by atoms with E-state index in [2.05, 4.69) is 26.2 Å². The van der Waals surface area contributed by atoms with Gasteiger partial charge >= 0.3 is 0 Å². The highest BCUT2D eigenvalue weighted by Gasteiger charge is 2.20. The van der Waals surface area contributed by atoms with E-state index in [9.17, 15) is 0 Å². The van der Waals surface area contributed by atoms with Gasteiger partial charge in [-0.25, -0.2) is 4.99 Å². The number of hydrogen-bond donors (Lipinski definition) is 2. The number of nitrogens with two attached hydrogens (primary N) is 1. The number of guanidine groups is 1. The van der Waals surface area contributed by atoms with Gasteiger partial charge in [0.1, 0.15) is 0 Å². The van der Waals surface area contributed by atoms with E-state index in [0.717, 1.165) is 17.3 Å². The van der Waals surface area contributed by atoms with E-state index >= 15 is 0 Å². The minimum atomic E-state index is 0.372. The highest BCUT2D eigenvalue weighted by atomic mass is 79.9. The first kappa shape index (κ1) is 12.0. The summed E-state index contributed by atoms with van der Waals surface area (Å²) in [7, 11) is 0. The van der Waals surface area contributed by atoms with Crippen LogP contribution in [0, 0.1) is 0 Å². The van der Waals surface area contributed by atoms with Crippen LogP contribution in [0.25, 0.3) is 0 Å². The Labute approximate surface area is 112 Å². The SMILES string of the molecule is NC(=NC1CC1)Nc1ccc(Br)c(Cl)c1Cl. The molecule has 1 aromatic carbocycles. The monoisotopic (exact) mass is 321 g/mol. The lowest BCUT2D eigenvalue weighted by Crippen LogP contribution is -2.23. The molecule has 0 radical (unpaired) electrons. The first-order chi connectivity index (χ1) is 7.58. The quantitative estimate of drug-likeness (QED) is 0.496. The van der Waals surface area contributed by atoms with E-state index in [1.165, 1.54) is 0 Å². The molecule has 6 heteroatoms. The van der Waals surface area contributed by atoms with Gasteiger partial charge in [0, 0.05) is 4.47 Å². The summed E-state index contributed by atoms with van der Waals surface area (Å²) in [6.07, 6.45) is 2.22. The van der Waals surface area contributed by atoms with Crippen molar-refractivity contribution in [2.24, 2.45) is 10.7 Å². The van der Waals surface area contributed by atoms with Crippen LogP contribution in [-0.2, 0) is 0 Å². The van der Waals surface area contributed by atoms with Gasteiger partial charge in [-0.15, -0.1) is 0 Å². The van der Waals surface area contributed by atoms with E-state index in [4.69, 9.17) is 28.9 Å². The van der Waals surface area contributed by atoms with E-state index in [1.807, 2.05) is 0 Å². The predicted molar refractivity (Wildman–Crippen MR) is 72.4 cm³/mol. The van der Waals surface area contributed by atoms with E-state index < -0.39 is 0 Å². The van der Waals surface area contributed by atoms with Gasteiger partial charge in [0.25, 0.3) is 0 Å². The summed E-state index contributed by atoms with van der Waals surface area (Å²) in [6.45, 7) is 0. The zero-order valence-electron chi connectivity index (χ0n) is 8.30. The lowest BCUT2D eigenvalue weighted by molar-refractivity contribution is 1.06. The summed E-state index contributed by atoms with van der Waals surface area (Å²) in [5.74, 6) is 0.378. The van der Waals surface area contributed by atoms with Crippen molar-refractivity contribution in [3.8, 4) is 0 Å². The van der Waals surface area contributed by atoms with Gasteiger partial charge in [-0.3, -0.25) is 0 Å². The second-order valence-electron chi connectivity index (χ2n) is 3.59. The Balaban J connectivity index is 2.17. The van der Waals surface area contributed by atoms with Crippen LogP contribution in [0.15, 0.2) is 21.6 Å². The van der Waals surface area contributed by atoms with Crippen LogP contribution >= 0.6 is 39.1 Å². The van der Waals surface area contributed by atoms with Crippen LogP contribution in [0.4, 0.5) is 5.69 Å². The number of aliphatic imine (C=N–C) groups is 1. The molecule has 0 aromatic heterocycles. The third-order valence-corrected chi connectivity index (χ3v) is 3.94. The lowest BCUT2D eigenvalue weighted by Gasteiger charge is -2.09. The van der Waals surface area contributed by atoms with E-state index in [0.29, 0.717) is 27.7 Å². The third kappa shape index (κ3) is 2.81. The number of anilines is 1. The van der Waals surface area contributed by atoms with Crippen LogP contribution in [0.5, 0.6) is 0 Å². The van der Waals surface area contributed by atoms with Gasteiger partial charge in [-0.1, -0.05) is 23.2 Å².